The van der Waals surface area contributed by atoms with Gasteiger partial charge in [0.15, 0.2) is 11.6 Å². The highest BCUT2D eigenvalue weighted by atomic mass is 28.3. The average molecular weight is 1650 g/mol. The van der Waals surface area contributed by atoms with Crippen molar-refractivity contribution >= 4 is 100 Å². The van der Waals surface area contributed by atoms with Crippen LogP contribution in [0.4, 0.5) is 0 Å². The second kappa shape index (κ2) is 32.0. The van der Waals surface area contributed by atoms with Gasteiger partial charge in [0.25, 0.3) is 0 Å². The number of hydrogen-bond donors (Lipinski definition) is 0. The maximum atomic E-state index is 5.09. The zero-order valence-electron chi connectivity index (χ0n) is 70.9. The van der Waals surface area contributed by atoms with Gasteiger partial charge in [-0.25, -0.2) is 19.9 Å². The molecule has 0 radical (unpaired) electrons. The quantitative estimate of drug-likeness (QED) is 0.0959. The molecule has 0 atom stereocenters. The number of benzene rings is 18. The lowest BCUT2D eigenvalue weighted by molar-refractivity contribution is 1.16. The highest BCUT2D eigenvalue weighted by Gasteiger charge is 2.23. The summed E-state index contributed by atoms with van der Waals surface area (Å²) in [6.07, 6.45) is 0. The van der Waals surface area contributed by atoms with Gasteiger partial charge in [0.05, 0.1) is 75.0 Å². The van der Waals surface area contributed by atoms with Crippen molar-refractivity contribution in [2.75, 3.05) is 0 Å². The Bertz CT molecular complexity index is 8210. The van der Waals surface area contributed by atoms with Crippen LogP contribution in [-0.2, 0) is 0 Å². The first-order valence-corrected chi connectivity index (χ1v) is 47.3. The molecule has 9 heteroatoms. The molecule has 0 aliphatic rings. The molecule has 0 N–H and O–H groups in total. The Morgan fingerprint density at radius 2 is 0.375 bits per heavy atom. The highest BCUT2D eigenvalue weighted by Crippen LogP contribution is 2.43. The third-order valence-corrected chi connectivity index (χ3v) is 27.4. The first-order chi connectivity index (χ1) is 63.1. The van der Waals surface area contributed by atoms with E-state index in [1.807, 2.05) is 24.3 Å². The van der Waals surface area contributed by atoms with Gasteiger partial charge in [-0.3, -0.25) is 0 Å². The molecule has 8 nitrogen and oxygen atoms in total. The molecule has 0 amide bonds. The monoisotopic (exact) mass is 1650 g/mol. The molecule has 0 spiro atoms. The summed E-state index contributed by atoms with van der Waals surface area (Å²) in [5.74, 6) is 1.40. The largest absolute Gasteiger partial charge is 0.309 e. The molecule has 0 unspecified atom stereocenters. The summed E-state index contributed by atoms with van der Waals surface area (Å²) < 4.78 is 9.59. The van der Waals surface area contributed by atoms with Gasteiger partial charge >= 0.3 is 0 Å². The van der Waals surface area contributed by atoms with Crippen LogP contribution < -0.4 is 5.19 Å². The van der Waals surface area contributed by atoms with Gasteiger partial charge < -0.3 is 18.3 Å². The topological polar surface area (TPSA) is 71.3 Å². The Morgan fingerprint density at radius 3 is 0.695 bits per heavy atom. The van der Waals surface area contributed by atoms with Crippen molar-refractivity contribution in [2.45, 2.75) is 19.6 Å². The van der Waals surface area contributed by atoms with Crippen LogP contribution in [0.5, 0.6) is 0 Å². The van der Waals surface area contributed by atoms with E-state index in [0.717, 1.165) is 84.3 Å². The Balaban J connectivity index is 0.000000148. The van der Waals surface area contributed by atoms with E-state index in [1.165, 1.54) is 132 Å². The fourth-order valence-corrected chi connectivity index (χ4v) is 20.0. The van der Waals surface area contributed by atoms with E-state index >= 15 is 0 Å². The van der Waals surface area contributed by atoms with Crippen LogP contribution in [0, 0.1) is 0 Å². The van der Waals surface area contributed by atoms with Gasteiger partial charge in [0.1, 0.15) is 0 Å². The minimum atomic E-state index is -1.42. The van der Waals surface area contributed by atoms with Crippen LogP contribution in [0.15, 0.2) is 455 Å². The molecule has 0 saturated carbocycles. The molecule has 128 heavy (non-hydrogen) atoms. The van der Waals surface area contributed by atoms with Gasteiger partial charge in [-0.15, -0.1) is 0 Å². The first-order valence-electron chi connectivity index (χ1n) is 43.8. The molecular formula is C119H84N8Si. The minimum Gasteiger partial charge on any atom is -0.309 e. The lowest BCUT2D eigenvalue weighted by atomic mass is 10.00. The molecule has 0 aliphatic heterocycles. The molecular weight excluding hydrogens is 1570 g/mol. The normalized spacial score (nSPS) is 11.7. The van der Waals surface area contributed by atoms with E-state index in [0.29, 0.717) is 11.6 Å². The van der Waals surface area contributed by atoms with E-state index in [1.54, 1.807) is 0 Å². The predicted octanol–water partition coefficient (Wildman–Crippen LogP) is 30.6. The smallest absolute Gasteiger partial charge is 0.160 e. The number of nitrogens with zero attached hydrogens (tertiary/aromatic N) is 8. The van der Waals surface area contributed by atoms with E-state index in [4.69, 9.17) is 19.9 Å². The molecule has 604 valence electrons. The molecule has 0 fully saturated rings. The molecule has 24 aromatic rings. The van der Waals surface area contributed by atoms with Gasteiger partial charge in [-0.05, 0) is 190 Å². The summed E-state index contributed by atoms with van der Waals surface area (Å²) in [6, 6.07) is 163. The van der Waals surface area contributed by atoms with Crippen LogP contribution in [-0.4, -0.2) is 46.3 Å². The fourth-order valence-electron chi connectivity index (χ4n) is 18.8. The third kappa shape index (κ3) is 14.0. The van der Waals surface area contributed by atoms with Crippen molar-refractivity contribution in [1.29, 1.82) is 0 Å². The van der Waals surface area contributed by atoms with Crippen LogP contribution in [0.25, 0.3) is 222 Å². The second-order valence-electron chi connectivity index (χ2n) is 34.1. The molecule has 0 bridgehead atoms. The molecule has 18 aromatic carbocycles. The molecule has 24 rings (SSSR count). The van der Waals surface area contributed by atoms with Crippen LogP contribution >= 0.6 is 0 Å². The van der Waals surface area contributed by atoms with Gasteiger partial charge in [0, 0.05) is 99.2 Å². The first kappa shape index (κ1) is 76.4. The lowest BCUT2D eigenvalue weighted by Gasteiger charge is -2.17. The summed E-state index contributed by atoms with van der Waals surface area (Å²) in [7, 11) is -1.42. The van der Waals surface area contributed by atoms with Crippen molar-refractivity contribution < 1.29 is 0 Å². The summed E-state index contributed by atoms with van der Waals surface area (Å²) in [5.41, 5.74) is 33.3. The number of para-hydroxylation sites is 4. The summed E-state index contributed by atoms with van der Waals surface area (Å²) in [6.45, 7) is 7.22. The van der Waals surface area contributed by atoms with E-state index in [2.05, 4.69) is 469 Å². The highest BCUT2D eigenvalue weighted by molar-refractivity contribution is 6.88. The predicted molar refractivity (Wildman–Crippen MR) is 539 cm³/mol. The average Bonchev–Trinajstić information content (AvgIpc) is 1.57. The Kier molecular flexibility index (Phi) is 19.1. The minimum absolute atomic E-state index is 0.696. The van der Waals surface area contributed by atoms with Crippen molar-refractivity contribution in [3.8, 4) is 135 Å². The van der Waals surface area contributed by atoms with Gasteiger partial charge in [-0.1, -0.05) is 334 Å². The SMILES string of the molecule is C[Si](C)(C)c1ccc(-n2c3ccccc3c3ccc(-c4ccc5c(c4)c4ccccc4n5-c4ccc(-c5nc(-c6ccccc6)cc(-c6ccccc6)n5)cc4)cc32)cc1.c1ccc(-c2ccc(-c3ccc(-n4c5ccccc5c5ccc(-c6ccc7c(c6)c6ccccc6n7-c6ccc(-c7nc(-c8ccccc8)cc(-c8ccccc8)n7)cc6)cc54)cc3)cc2)cc1. The summed E-state index contributed by atoms with van der Waals surface area (Å²) in [5, 5.41) is 11.3. The van der Waals surface area contributed by atoms with Gasteiger partial charge in [0.2, 0.25) is 0 Å². The van der Waals surface area contributed by atoms with E-state index < -0.39 is 8.07 Å². The standard InChI is InChI=1S/C64H42N4.C55H42N4Si/c1-4-14-43(15-5-1)44-24-26-45(27-25-44)46-28-34-53(35-29-46)68-60-22-12-10-20-54(60)56-38-32-51(41-63(56)68)50-33-39-62-57(40-50)55-21-11-13-23-61(55)67(62)52-36-30-49(31-37-52)64-65-58(47-16-6-2-7-17-47)42-59(66-64)48-18-8-3-9-19-48;1-60(2,3)44-30-28-43(29-31-44)59-51-20-12-10-18-45(51)47-32-24-41(35-54(47)59)40-25-33-53-48(34-40)46-19-11-13-21-52(46)58(53)42-26-22-39(23-27-42)55-56-49(37-14-6-4-7-15-37)36-50(57-55)38-16-8-5-9-17-38/h1-42H;4-36H,1-3H3. The van der Waals surface area contributed by atoms with Crippen molar-refractivity contribution in [3.05, 3.63) is 455 Å². The zero-order valence-corrected chi connectivity index (χ0v) is 71.9. The lowest BCUT2D eigenvalue weighted by Crippen LogP contribution is -2.37. The van der Waals surface area contributed by atoms with Gasteiger partial charge in [-0.2, -0.15) is 0 Å². The Hall–Kier alpha value is -16.5. The summed E-state index contributed by atoms with van der Waals surface area (Å²) >= 11 is 0. The van der Waals surface area contributed by atoms with E-state index in [-0.39, 0.29) is 0 Å². The molecule has 0 aliphatic carbocycles. The second-order valence-corrected chi connectivity index (χ2v) is 39.2. The number of rotatable bonds is 15. The number of hydrogen-bond acceptors (Lipinski definition) is 4. The van der Waals surface area contributed by atoms with Crippen molar-refractivity contribution in [1.82, 2.24) is 38.2 Å². The maximum absolute atomic E-state index is 5.09. The third-order valence-electron chi connectivity index (χ3n) is 25.3. The van der Waals surface area contributed by atoms with Crippen molar-refractivity contribution in [3.63, 3.8) is 0 Å². The number of fused-ring (bicyclic) bond motifs is 12. The number of aromatic nitrogens is 8. The van der Waals surface area contributed by atoms with Crippen molar-refractivity contribution in [2.24, 2.45) is 0 Å². The summed E-state index contributed by atoms with van der Waals surface area (Å²) in [4.78, 5) is 20.3. The maximum Gasteiger partial charge on any atom is 0.160 e. The van der Waals surface area contributed by atoms with Crippen LogP contribution in [0.3, 0.4) is 0 Å². The molecule has 6 heterocycles. The van der Waals surface area contributed by atoms with Crippen LogP contribution in [0.1, 0.15) is 0 Å². The molecule has 6 aromatic heterocycles. The fraction of sp³-hybridized carbons (Fsp3) is 0.0252. The Labute approximate surface area is 743 Å². The van der Waals surface area contributed by atoms with E-state index in [9.17, 15) is 0 Å². The zero-order chi connectivity index (χ0) is 85.3. The van der Waals surface area contributed by atoms with Crippen LogP contribution in [0.2, 0.25) is 19.6 Å². The Morgan fingerprint density at radius 1 is 0.156 bits per heavy atom. The molecule has 0 saturated heterocycles.